The van der Waals surface area contributed by atoms with E-state index in [-0.39, 0.29) is 5.95 Å². The van der Waals surface area contributed by atoms with Crippen LogP contribution in [0.1, 0.15) is 13.3 Å². The Kier molecular flexibility index (Phi) is 5.18. The van der Waals surface area contributed by atoms with Crippen molar-refractivity contribution >= 4 is 29.3 Å². The first-order valence-electron chi connectivity index (χ1n) is 5.24. The molecule has 0 radical (unpaired) electrons. The maximum atomic E-state index is 5.59. The summed E-state index contributed by atoms with van der Waals surface area (Å²) in [6, 6.07) is 1.85. The lowest BCUT2D eigenvalue weighted by atomic mass is 10.3. The van der Waals surface area contributed by atoms with Gasteiger partial charge in [-0.3, -0.25) is 0 Å². The molecule has 90 valence electrons. The van der Waals surface area contributed by atoms with Crippen LogP contribution in [0.25, 0.3) is 0 Å². The molecule has 1 unspecified atom stereocenters. The van der Waals surface area contributed by atoms with Gasteiger partial charge < -0.3 is 16.4 Å². The average molecular weight is 241 g/mol. The average Bonchev–Trinajstić information content (AvgIpc) is 2.28. The van der Waals surface area contributed by atoms with Crippen molar-refractivity contribution in [3.63, 3.8) is 0 Å². The van der Waals surface area contributed by atoms with E-state index in [1.165, 1.54) is 0 Å². The van der Waals surface area contributed by atoms with Gasteiger partial charge in [-0.15, -0.1) is 0 Å². The number of hydrogen-bond acceptors (Lipinski definition) is 6. The molecule has 1 aromatic heterocycles. The molecule has 0 saturated heterocycles. The highest BCUT2D eigenvalue weighted by Crippen LogP contribution is 2.13. The number of nitrogens with two attached hydrogens (primary N) is 1. The number of anilines is 3. The first-order chi connectivity index (χ1) is 7.65. The Morgan fingerprint density at radius 2 is 2.12 bits per heavy atom. The Morgan fingerprint density at radius 3 is 2.75 bits per heavy atom. The quantitative estimate of drug-likeness (QED) is 0.703. The van der Waals surface area contributed by atoms with Crippen molar-refractivity contribution < 1.29 is 0 Å². The first-order valence-corrected chi connectivity index (χ1v) is 6.53. The molecule has 1 aromatic rings. The molecule has 0 fully saturated rings. The van der Waals surface area contributed by atoms with Crippen LogP contribution in [0.5, 0.6) is 0 Å². The van der Waals surface area contributed by atoms with Crippen molar-refractivity contribution in [3.8, 4) is 0 Å². The van der Waals surface area contributed by atoms with Crippen molar-refractivity contribution in [1.82, 2.24) is 9.97 Å². The van der Waals surface area contributed by atoms with Crippen molar-refractivity contribution in [3.05, 3.63) is 6.07 Å². The lowest BCUT2D eigenvalue weighted by Crippen LogP contribution is -2.10. The minimum atomic E-state index is 0.285. The van der Waals surface area contributed by atoms with Crippen LogP contribution in [0.2, 0.25) is 0 Å². The van der Waals surface area contributed by atoms with Gasteiger partial charge in [0.1, 0.15) is 11.6 Å². The normalized spacial score (nSPS) is 12.2. The van der Waals surface area contributed by atoms with Crippen LogP contribution < -0.4 is 16.4 Å². The van der Waals surface area contributed by atoms with Gasteiger partial charge >= 0.3 is 0 Å². The molecule has 4 N–H and O–H groups in total. The lowest BCUT2D eigenvalue weighted by molar-refractivity contribution is 0.849. The lowest BCUT2D eigenvalue weighted by Gasteiger charge is -2.10. The zero-order valence-electron chi connectivity index (χ0n) is 9.95. The summed E-state index contributed by atoms with van der Waals surface area (Å²) < 4.78 is 0. The van der Waals surface area contributed by atoms with E-state index in [4.69, 9.17) is 5.73 Å². The highest BCUT2D eigenvalue weighted by molar-refractivity contribution is 7.99. The number of rotatable bonds is 6. The zero-order valence-corrected chi connectivity index (χ0v) is 10.8. The van der Waals surface area contributed by atoms with Gasteiger partial charge in [0.05, 0.1) is 0 Å². The van der Waals surface area contributed by atoms with Crippen LogP contribution in [0.4, 0.5) is 17.6 Å². The molecular formula is C10H19N5S. The third-order valence-electron chi connectivity index (χ3n) is 2.26. The van der Waals surface area contributed by atoms with Crippen molar-refractivity contribution in [2.24, 2.45) is 0 Å². The number of hydrogen-bond donors (Lipinski definition) is 3. The van der Waals surface area contributed by atoms with Gasteiger partial charge in [0.25, 0.3) is 0 Å². The molecule has 0 aliphatic heterocycles. The minimum absolute atomic E-state index is 0.285. The summed E-state index contributed by atoms with van der Waals surface area (Å²) >= 11 is 1.86. The van der Waals surface area contributed by atoms with Crippen LogP contribution in [0, 0.1) is 0 Å². The Labute approximate surface area is 101 Å². The Bertz CT molecular complexity index is 331. The monoisotopic (exact) mass is 241 g/mol. The van der Waals surface area contributed by atoms with E-state index in [1.807, 2.05) is 17.8 Å². The van der Waals surface area contributed by atoms with Crippen LogP contribution in [0.15, 0.2) is 6.07 Å². The third kappa shape index (κ3) is 4.14. The van der Waals surface area contributed by atoms with Gasteiger partial charge in [-0.2, -0.15) is 21.7 Å². The topological polar surface area (TPSA) is 75.9 Å². The molecule has 1 heterocycles. The SMILES string of the molecule is CNc1cc(NCCC(C)SC)nc(N)n1. The fourth-order valence-electron chi connectivity index (χ4n) is 1.21. The van der Waals surface area contributed by atoms with Crippen molar-refractivity contribution in [2.45, 2.75) is 18.6 Å². The van der Waals surface area contributed by atoms with Gasteiger partial charge in [-0.05, 0) is 12.7 Å². The molecule has 0 spiro atoms. The van der Waals surface area contributed by atoms with Gasteiger partial charge in [0.15, 0.2) is 0 Å². The molecular weight excluding hydrogens is 222 g/mol. The first kappa shape index (κ1) is 12.9. The van der Waals surface area contributed by atoms with E-state index in [0.717, 1.165) is 24.6 Å². The van der Waals surface area contributed by atoms with Gasteiger partial charge in [0, 0.05) is 24.9 Å². The second kappa shape index (κ2) is 6.42. The second-order valence-electron chi connectivity index (χ2n) is 3.51. The maximum Gasteiger partial charge on any atom is 0.223 e. The number of thioether (sulfide) groups is 1. The number of nitrogen functional groups attached to an aromatic ring is 1. The summed E-state index contributed by atoms with van der Waals surface area (Å²) in [6.07, 6.45) is 3.21. The smallest absolute Gasteiger partial charge is 0.223 e. The summed E-state index contributed by atoms with van der Waals surface area (Å²) in [5, 5.41) is 6.83. The minimum Gasteiger partial charge on any atom is -0.373 e. The summed E-state index contributed by atoms with van der Waals surface area (Å²) in [5.74, 6) is 1.78. The predicted molar refractivity (Wildman–Crippen MR) is 72.1 cm³/mol. The fraction of sp³-hybridized carbons (Fsp3) is 0.600. The Balaban J connectivity index is 2.50. The standard InChI is InChI=1S/C10H19N5S/c1-7(16-3)4-5-13-9-6-8(12-2)14-10(11)15-9/h6-7H,4-5H2,1-3H3,(H4,11,12,13,14,15). The largest absolute Gasteiger partial charge is 0.373 e. The number of nitrogens with zero attached hydrogens (tertiary/aromatic N) is 2. The molecule has 0 aromatic carbocycles. The Hall–Kier alpha value is -1.17. The second-order valence-corrected chi connectivity index (χ2v) is 4.78. The van der Waals surface area contributed by atoms with E-state index in [0.29, 0.717) is 5.25 Å². The molecule has 1 atom stereocenters. The van der Waals surface area contributed by atoms with Crippen LogP contribution in [-0.2, 0) is 0 Å². The molecule has 1 rings (SSSR count). The summed E-state index contributed by atoms with van der Waals surface area (Å²) in [4.78, 5) is 8.14. The highest BCUT2D eigenvalue weighted by Gasteiger charge is 2.02. The third-order valence-corrected chi connectivity index (χ3v) is 3.30. The summed E-state index contributed by atoms with van der Waals surface area (Å²) in [6.45, 7) is 3.10. The molecule has 0 aliphatic rings. The van der Waals surface area contributed by atoms with Gasteiger partial charge in [-0.25, -0.2) is 0 Å². The molecule has 6 heteroatoms. The van der Waals surface area contributed by atoms with E-state index < -0.39 is 0 Å². The molecule has 0 aliphatic carbocycles. The molecule has 0 amide bonds. The molecule has 0 bridgehead atoms. The molecule has 16 heavy (non-hydrogen) atoms. The van der Waals surface area contributed by atoms with Crippen molar-refractivity contribution in [1.29, 1.82) is 0 Å². The molecule has 0 saturated carbocycles. The van der Waals surface area contributed by atoms with Crippen LogP contribution in [0.3, 0.4) is 0 Å². The van der Waals surface area contributed by atoms with E-state index in [1.54, 1.807) is 7.05 Å². The van der Waals surface area contributed by atoms with E-state index in [9.17, 15) is 0 Å². The van der Waals surface area contributed by atoms with E-state index >= 15 is 0 Å². The van der Waals surface area contributed by atoms with Crippen LogP contribution in [-0.4, -0.2) is 35.1 Å². The predicted octanol–water partition coefficient (Wildman–Crippen LogP) is 1.65. The fourth-order valence-corrected chi connectivity index (χ4v) is 1.56. The molecule has 5 nitrogen and oxygen atoms in total. The highest BCUT2D eigenvalue weighted by atomic mass is 32.2. The summed E-state index contributed by atoms with van der Waals surface area (Å²) in [5.41, 5.74) is 5.59. The maximum absolute atomic E-state index is 5.59. The number of nitrogens with one attached hydrogen (secondary N) is 2. The summed E-state index contributed by atoms with van der Waals surface area (Å²) in [7, 11) is 1.81. The Morgan fingerprint density at radius 1 is 1.44 bits per heavy atom. The zero-order chi connectivity index (χ0) is 12.0. The van der Waals surface area contributed by atoms with Gasteiger partial charge in [0.2, 0.25) is 5.95 Å². The van der Waals surface area contributed by atoms with Gasteiger partial charge in [-0.1, -0.05) is 6.92 Å². The van der Waals surface area contributed by atoms with Crippen LogP contribution >= 0.6 is 11.8 Å². The van der Waals surface area contributed by atoms with Crippen molar-refractivity contribution in [2.75, 3.05) is 36.2 Å². The number of aromatic nitrogens is 2. The van der Waals surface area contributed by atoms with E-state index in [2.05, 4.69) is 33.8 Å².